The molecule has 1 amide bonds. The van der Waals surface area contributed by atoms with Gasteiger partial charge in [0.05, 0.1) is 30.3 Å². The smallest absolute Gasteiger partial charge is 0.339 e. The predicted octanol–water partition coefficient (Wildman–Crippen LogP) is 5.69. The SMILES string of the molecule is COC(=O)[C@H]1O[C@@H](n2cc[n+](CCC(C(N)=O)(c3ccccc3)c3ccccc3)c2C)[C@H](OC(=O)c2ccccc2)[C@@H](OC(=O)c2ccccc2)[C@@H]1OC(=O)c1ccccc1. The standard InChI is InChI=1S/C48H43N3O10/c1-32-50(29-28-48(47(49)56,36-24-14-6-15-25-36)37-26-16-7-17-27-37)30-31-51(32)42-40(61-45(54)35-22-12-5-13-23-35)38(59-43(52)33-18-8-3-9-19-33)39(41(58-42)46(55)57-2)60-44(53)34-20-10-4-11-21-34/h3-27,30-31,38-42H,28-29H2,1-2H3,(H-,49,56)/p+1/t38-,39-,40+,41-,42+/m0/s1. The number of methoxy groups -OCH3 is 1. The topological polar surface area (TPSA) is 166 Å². The summed E-state index contributed by atoms with van der Waals surface area (Å²) >= 11 is 0. The number of esters is 4. The number of ether oxygens (including phenoxy) is 5. The fraction of sp³-hybridized carbons (Fsp3) is 0.208. The van der Waals surface area contributed by atoms with Gasteiger partial charge in [0.15, 0.2) is 18.3 Å². The van der Waals surface area contributed by atoms with Crippen LogP contribution in [0, 0.1) is 6.92 Å². The number of carbonyl (C=O) groups is 5. The van der Waals surface area contributed by atoms with Gasteiger partial charge in [-0.3, -0.25) is 4.79 Å². The molecule has 0 radical (unpaired) electrons. The number of aryl methyl sites for hydroxylation is 1. The number of nitrogens with zero attached hydrogens (tertiary/aromatic N) is 2. The molecule has 1 saturated heterocycles. The first kappa shape index (κ1) is 41.8. The zero-order valence-electron chi connectivity index (χ0n) is 33.4. The number of hydrogen-bond acceptors (Lipinski definition) is 10. The zero-order valence-corrected chi connectivity index (χ0v) is 33.4. The van der Waals surface area contributed by atoms with Gasteiger partial charge in [-0.2, -0.15) is 0 Å². The number of carbonyl (C=O) groups excluding carboxylic acids is 5. The van der Waals surface area contributed by atoms with Crippen LogP contribution in [-0.2, 0) is 45.2 Å². The Kier molecular flexibility index (Phi) is 12.8. The van der Waals surface area contributed by atoms with Crippen molar-refractivity contribution in [2.24, 2.45) is 5.73 Å². The number of hydrogen-bond donors (Lipinski definition) is 1. The number of imidazole rings is 1. The van der Waals surface area contributed by atoms with E-state index >= 15 is 0 Å². The molecule has 6 aromatic rings. The minimum absolute atomic E-state index is 0.138. The second-order valence-corrected chi connectivity index (χ2v) is 14.4. The summed E-state index contributed by atoms with van der Waals surface area (Å²) in [4.78, 5) is 69.0. The Balaban J connectivity index is 1.32. The Morgan fingerprint density at radius 3 is 1.46 bits per heavy atom. The van der Waals surface area contributed by atoms with Gasteiger partial charge in [0.2, 0.25) is 18.2 Å². The summed E-state index contributed by atoms with van der Waals surface area (Å²) in [5, 5.41) is 0. The summed E-state index contributed by atoms with van der Waals surface area (Å²) in [6, 6.07) is 42.9. The van der Waals surface area contributed by atoms with Crippen molar-refractivity contribution in [3.63, 3.8) is 0 Å². The number of amides is 1. The van der Waals surface area contributed by atoms with Crippen LogP contribution in [0.3, 0.4) is 0 Å². The van der Waals surface area contributed by atoms with Gasteiger partial charge in [0.25, 0.3) is 5.82 Å². The third-order valence-electron chi connectivity index (χ3n) is 10.9. The summed E-state index contributed by atoms with van der Waals surface area (Å²) in [6.07, 6.45) is -4.26. The molecular formula is C48H44N3O10+. The van der Waals surface area contributed by atoms with Crippen LogP contribution in [0.1, 0.15) is 60.7 Å². The van der Waals surface area contributed by atoms with E-state index in [0.29, 0.717) is 5.82 Å². The van der Waals surface area contributed by atoms with Gasteiger partial charge in [-0.1, -0.05) is 115 Å². The normalized spacial score (nSPS) is 18.6. The second-order valence-electron chi connectivity index (χ2n) is 14.4. The molecule has 61 heavy (non-hydrogen) atoms. The minimum atomic E-state index is -1.68. The third-order valence-corrected chi connectivity index (χ3v) is 10.9. The average Bonchev–Trinajstić information content (AvgIpc) is 3.67. The van der Waals surface area contributed by atoms with Crippen LogP contribution in [0.4, 0.5) is 0 Å². The molecule has 7 rings (SSSR count). The maximum absolute atomic E-state index is 14.0. The van der Waals surface area contributed by atoms with E-state index in [1.807, 2.05) is 65.2 Å². The Hall–Kier alpha value is -7.38. The quantitative estimate of drug-likeness (QED) is 0.0819. The highest BCUT2D eigenvalue weighted by Gasteiger charge is 2.58. The van der Waals surface area contributed by atoms with E-state index in [1.54, 1.807) is 90.6 Å². The summed E-state index contributed by atoms with van der Waals surface area (Å²) < 4.78 is 33.5. The monoisotopic (exact) mass is 822 g/mol. The predicted molar refractivity (Wildman–Crippen MR) is 220 cm³/mol. The fourth-order valence-electron chi connectivity index (χ4n) is 7.66. The lowest BCUT2D eigenvalue weighted by Crippen LogP contribution is -2.62. The Bertz CT molecular complexity index is 2420. The maximum atomic E-state index is 14.0. The van der Waals surface area contributed by atoms with Crippen LogP contribution >= 0.6 is 0 Å². The highest BCUT2D eigenvalue weighted by Crippen LogP contribution is 2.38. The summed E-state index contributed by atoms with van der Waals surface area (Å²) in [7, 11) is 1.14. The fourth-order valence-corrected chi connectivity index (χ4v) is 7.66. The molecule has 1 aromatic heterocycles. The van der Waals surface area contributed by atoms with Crippen molar-refractivity contribution in [3.05, 3.63) is 198 Å². The third kappa shape index (κ3) is 8.82. The van der Waals surface area contributed by atoms with Crippen molar-refractivity contribution in [1.82, 2.24) is 4.57 Å². The summed E-state index contributed by atoms with van der Waals surface area (Å²) in [6.45, 7) is 2.03. The van der Waals surface area contributed by atoms with Crippen molar-refractivity contribution in [1.29, 1.82) is 0 Å². The van der Waals surface area contributed by atoms with Crippen molar-refractivity contribution < 1.29 is 52.2 Å². The molecule has 1 aliphatic rings. The molecule has 310 valence electrons. The first-order valence-electron chi connectivity index (χ1n) is 19.6. The molecule has 0 unspecified atom stereocenters. The molecule has 0 aliphatic carbocycles. The summed E-state index contributed by atoms with van der Waals surface area (Å²) in [5.74, 6) is -3.47. The van der Waals surface area contributed by atoms with E-state index in [2.05, 4.69) is 0 Å². The van der Waals surface area contributed by atoms with Crippen molar-refractivity contribution in [3.8, 4) is 0 Å². The molecule has 1 aliphatic heterocycles. The molecular weight excluding hydrogens is 779 g/mol. The Labute approximate surface area is 352 Å². The lowest BCUT2D eigenvalue weighted by atomic mass is 9.71. The minimum Gasteiger partial charge on any atom is -0.467 e. The highest BCUT2D eigenvalue weighted by molar-refractivity contribution is 5.92. The molecule has 2 heterocycles. The molecule has 13 heteroatoms. The average molecular weight is 823 g/mol. The molecule has 0 saturated carbocycles. The van der Waals surface area contributed by atoms with Crippen molar-refractivity contribution in [2.45, 2.75) is 55.9 Å². The lowest BCUT2D eigenvalue weighted by molar-refractivity contribution is -0.703. The molecule has 1 fully saturated rings. The van der Waals surface area contributed by atoms with Crippen LogP contribution in [-0.4, -0.2) is 65.9 Å². The first-order chi connectivity index (χ1) is 29.6. The van der Waals surface area contributed by atoms with Gasteiger partial charge in [-0.15, -0.1) is 0 Å². The Morgan fingerprint density at radius 1 is 0.623 bits per heavy atom. The first-order valence-corrected chi connectivity index (χ1v) is 19.6. The van der Waals surface area contributed by atoms with E-state index in [9.17, 15) is 24.0 Å². The van der Waals surface area contributed by atoms with Gasteiger partial charge in [-0.05, 0) is 47.5 Å². The number of aromatic nitrogens is 2. The van der Waals surface area contributed by atoms with Crippen LogP contribution in [0.15, 0.2) is 164 Å². The van der Waals surface area contributed by atoms with Crippen molar-refractivity contribution >= 4 is 29.8 Å². The van der Waals surface area contributed by atoms with E-state index < -0.39 is 65.8 Å². The molecule has 0 bridgehead atoms. The van der Waals surface area contributed by atoms with E-state index in [0.717, 1.165) is 18.2 Å². The van der Waals surface area contributed by atoms with Gasteiger partial charge >= 0.3 is 23.9 Å². The number of benzene rings is 5. The number of primary amides is 1. The Morgan fingerprint density at radius 2 is 1.03 bits per heavy atom. The second kappa shape index (κ2) is 18.7. The van der Waals surface area contributed by atoms with E-state index in [1.165, 1.54) is 24.3 Å². The maximum Gasteiger partial charge on any atom is 0.339 e. The van der Waals surface area contributed by atoms with Crippen LogP contribution in [0.2, 0.25) is 0 Å². The highest BCUT2D eigenvalue weighted by atomic mass is 16.7. The summed E-state index contributed by atoms with van der Waals surface area (Å²) in [5.41, 5.74) is 6.94. The van der Waals surface area contributed by atoms with E-state index in [4.69, 9.17) is 29.4 Å². The van der Waals surface area contributed by atoms with Gasteiger partial charge in [0.1, 0.15) is 17.8 Å². The van der Waals surface area contributed by atoms with Gasteiger partial charge in [-0.25, -0.2) is 28.3 Å². The van der Waals surface area contributed by atoms with Crippen LogP contribution in [0.25, 0.3) is 0 Å². The van der Waals surface area contributed by atoms with Crippen molar-refractivity contribution in [2.75, 3.05) is 7.11 Å². The number of nitrogens with two attached hydrogens (primary N) is 1. The molecule has 2 N–H and O–H groups in total. The van der Waals surface area contributed by atoms with Crippen LogP contribution < -0.4 is 10.3 Å². The zero-order chi connectivity index (χ0) is 42.9. The lowest BCUT2D eigenvalue weighted by Gasteiger charge is -2.42. The largest absolute Gasteiger partial charge is 0.467 e. The van der Waals surface area contributed by atoms with E-state index in [-0.39, 0.29) is 29.7 Å². The molecule has 5 atom stereocenters. The molecule has 13 nitrogen and oxygen atoms in total. The number of rotatable bonds is 14. The molecule has 5 aromatic carbocycles. The van der Waals surface area contributed by atoms with Gasteiger partial charge < -0.3 is 29.4 Å². The van der Waals surface area contributed by atoms with Gasteiger partial charge in [0, 0.05) is 13.3 Å². The van der Waals surface area contributed by atoms with Crippen LogP contribution in [0.5, 0.6) is 0 Å². The molecule has 0 spiro atoms.